The lowest BCUT2D eigenvalue weighted by atomic mass is 10.3. The van der Waals surface area contributed by atoms with Gasteiger partial charge in [-0.2, -0.15) is 0 Å². The fourth-order valence-corrected chi connectivity index (χ4v) is 1.20. The summed E-state index contributed by atoms with van der Waals surface area (Å²) in [4.78, 5) is 0. The van der Waals surface area contributed by atoms with E-state index < -0.39 is 0 Å². The normalized spacial score (nSPS) is 10.5. The van der Waals surface area contributed by atoms with Crippen molar-refractivity contribution in [1.82, 2.24) is 15.0 Å². The number of aryl methyl sites for hydroxylation is 1. The average molecular weight is 163 g/mol. The number of hydrogen-bond acceptors (Lipinski definition) is 3. The molecule has 62 valence electrons. The van der Waals surface area contributed by atoms with Gasteiger partial charge in [0.05, 0.1) is 12.6 Å². The molecule has 4 nitrogen and oxygen atoms in total. The predicted octanol–water partition coefficient (Wildman–Crippen LogP) is 0.977. The van der Waals surface area contributed by atoms with E-state index in [2.05, 4.69) is 10.3 Å². The summed E-state index contributed by atoms with van der Waals surface area (Å²) in [7, 11) is 3.48. The maximum Gasteiger partial charge on any atom is 0.155 e. The molecule has 0 saturated heterocycles. The van der Waals surface area contributed by atoms with Crippen LogP contribution in [0.2, 0.25) is 0 Å². The Bertz CT molecular complexity index is 408. The van der Waals surface area contributed by atoms with Gasteiger partial charge in [0.2, 0.25) is 0 Å². The number of nitrogens with zero attached hydrogens (tertiary/aromatic N) is 3. The summed E-state index contributed by atoms with van der Waals surface area (Å²) in [6.07, 6.45) is 0. The van der Waals surface area contributed by atoms with Gasteiger partial charge in [-0.25, -0.2) is 4.68 Å². The Morgan fingerprint density at radius 2 is 2.25 bits per heavy atom. The first kappa shape index (κ1) is 7.09. The van der Waals surface area contributed by atoms with Crippen molar-refractivity contribution in [3.05, 3.63) is 18.2 Å². The molecule has 0 bridgehead atoms. The zero-order chi connectivity index (χ0) is 8.55. The molecule has 0 unspecified atom stereocenters. The van der Waals surface area contributed by atoms with Crippen LogP contribution in [-0.2, 0) is 7.05 Å². The summed E-state index contributed by atoms with van der Waals surface area (Å²) in [6, 6.07) is 5.75. The molecule has 0 amide bonds. The largest absolute Gasteiger partial charge is 0.494 e. The van der Waals surface area contributed by atoms with Crippen molar-refractivity contribution in [1.29, 1.82) is 0 Å². The van der Waals surface area contributed by atoms with E-state index in [1.165, 1.54) is 0 Å². The van der Waals surface area contributed by atoms with Crippen molar-refractivity contribution in [2.24, 2.45) is 7.05 Å². The van der Waals surface area contributed by atoms with Crippen LogP contribution in [0.1, 0.15) is 0 Å². The number of aromatic nitrogens is 3. The first-order chi connectivity index (χ1) is 5.83. The lowest BCUT2D eigenvalue weighted by Gasteiger charge is -1.98. The molecule has 0 aliphatic rings. The molecule has 0 aliphatic carbocycles. The van der Waals surface area contributed by atoms with Crippen molar-refractivity contribution in [2.45, 2.75) is 0 Å². The molecule has 1 aromatic heterocycles. The van der Waals surface area contributed by atoms with E-state index in [1.54, 1.807) is 11.8 Å². The number of benzene rings is 1. The smallest absolute Gasteiger partial charge is 0.155 e. The Labute approximate surface area is 69.8 Å². The summed E-state index contributed by atoms with van der Waals surface area (Å²) >= 11 is 0. The van der Waals surface area contributed by atoms with Gasteiger partial charge in [-0.1, -0.05) is 11.3 Å². The molecule has 1 heterocycles. The minimum absolute atomic E-state index is 0.764. The predicted molar refractivity (Wildman–Crippen MR) is 45.1 cm³/mol. The Balaban J connectivity index is 2.81. The van der Waals surface area contributed by atoms with Crippen LogP contribution in [0.15, 0.2) is 18.2 Å². The van der Waals surface area contributed by atoms with Crippen LogP contribution < -0.4 is 4.74 Å². The molecule has 0 N–H and O–H groups in total. The third-order valence-corrected chi connectivity index (χ3v) is 1.83. The molecule has 2 aromatic rings. The van der Waals surface area contributed by atoms with Crippen LogP contribution in [0.25, 0.3) is 11.0 Å². The van der Waals surface area contributed by atoms with Crippen LogP contribution >= 0.6 is 0 Å². The van der Waals surface area contributed by atoms with Crippen molar-refractivity contribution < 1.29 is 4.74 Å². The quantitative estimate of drug-likeness (QED) is 0.629. The molecule has 12 heavy (non-hydrogen) atoms. The minimum Gasteiger partial charge on any atom is -0.494 e. The molecule has 0 fully saturated rings. The number of hydrogen-bond donors (Lipinski definition) is 0. The zero-order valence-corrected chi connectivity index (χ0v) is 6.98. The third-order valence-electron chi connectivity index (χ3n) is 1.83. The van der Waals surface area contributed by atoms with E-state index in [1.807, 2.05) is 25.2 Å². The Morgan fingerprint density at radius 3 is 3.00 bits per heavy atom. The van der Waals surface area contributed by atoms with Gasteiger partial charge in [-0.3, -0.25) is 0 Å². The highest BCUT2D eigenvalue weighted by Crippen LogP contribution is 2.21. The molecule has 0 spiro atoms. The van der Waals surface area contributed by atoms with Crippen molar-refractivity contribution in [3.8, 4) is 5.75 Å². The molecule has 0 saturated carbocycles. The Morgan fingerprint density at radius 1 is 1.42 bits per heavy atom. The van der Waals surface area contributed by atoms with E-state index in [-0.39, 0.29) is 0 Å². The van der Waals surface area contributed by atoms with Gasteiger partial charge in [-0.05, 0) is 12.1 Å². The van der Waals surface area contributed by atoms with E-state index in [0.29, 0.717) is 0 Å². The summed E-state index contributed by atoms with van der Waals surface area (Å²) in [5.74, 6) is 0.764. The van der Waals surface area contributed by atoms with E-state index in [0.717, 1.165) is 16.8 Å². The third kappa shape index (κ3) is 0.845. The summed E-state index contributed by atoms with van der Waals surface area (Å²) in [5, 5.41) is 7.87. The second-order valence-corrected chi connectivity index (χ2v) is 2.54. The molecule has 0 radical (unpaired) electrons. The summed E-state index contributed by atoms with van der Waals surface area (Å²) in [5.41, 5.74) is 1.79. The van der Waals surface area contributed by atoms with Crippen molar-refractivity contribution in [2.75, 3.05) is 7.11 Å². The van der Waals surface area contributed by atoms with Crippen LogP contribution in [0, 0.1) is 0 Å². The standard InChI is InChI=1S/C8H9N3O/c1-11-6-4-3-5-7(12-2)8(6)9-10-11/h3-5H,1-2H3. The molecular formula is C8H9N3O. The maximum atomic E-state index is 5.12. The summed E-state index contributed by atoms with van der Waals surface area (Å²) < 4.78 is 6.85. The highest BCUT2D eigenvalue weighted by molar-refractivity contribution is 5.80. The van der Waals surface area contributed by atoms with Gasteiger partial charge in [-0.15, -0.1) is 5.10 Å². The van der Waals surface area contributed by atoms with Gasteiger partial charge < -0.3 is 4.74 Å². The lowest BCUT2D eigenvalue weighted by molar-refractivity contribution is 0.419. The van der Waals surface area contributed by atoms with Crippen LogP contribution in [0.4, 0.5) is 0 Å². The average Bonchev–Trinajstić information content (AvgIpc) is 2.48. The molecular weight excluding hydrogens is 154 g/mol. The van der Waals surface area contributed by atoms with Crippen LogP contribution in [0.3, 0.4) is 0 Å². The molecule has 0 atom stereocenters. The van der Waals surface area contributed by atoms with E-state index in [4.69, 9.17) is 4.74 Å². The van der Waals surface area contributed by atoms with Gasteiger partial charge in [0.15, 0.2) is 5.52 Å². The van der Waals surface area contributed by atoms with Crippen molar-refractivity contribution in [3.63, 3.8) is 0 Å². The molecule has 0 aliphatic heterocycles. The van der Waals surface area contributed by atoms with Crippen LogP contribution in [-0.4, -0.2) is 22.1 Å². The molecule has 2 rings (SSSR count). The van der Waals surface area contributed by atoms with E-state index in [9.17, 15) is 0 Å². The number of fused-ring (bicyclic) bond motifs is 1. The maximum absolute atomic E-state index is 5.12. The van der Waals surface area contributed by atoms with Gasteiger partial charge in [0.25, 0.3) is 0 Å². The monoisotopic (exact) mass is 163 g/mol. The second-order valence-electron chi connectivity index (χ2n) is 2.54. The first-order valence-corrected chi connectivity index (χ1v) is 3.65. The van der Waals surface area contributed by atoms with Gasteiger partial charge >= 0.3 is 0 Å². The van der Waals surface area contributed by atoms with E-state index >= 15 is 0 Å². The highest BCUT2D eigenvalue weighted by atomic mass is 16.5. The molecule has 1 aromatic carbocycles. The van der Waals surface area contributed by atoms with Crippen molar-refractivity contribution >= 4 is 11.0 Å². The Kier molecular flexibility index (Phi) is 1.46. The fourth-order valence-electron chi connectivity index (χ4n) is 1.20. The lowest BCUT2D eigenvalue weighted by Crippen LogP contribution is -1.89. The number of methoxy groups -OCH3 is 1. The number of rotatable bonds is 1. The fraction of sp³-hybridized carbons (Fsp3) is 0.250. The second kappa shape index (κ2) is 2.48. The zero-order valence-electron chi connectivity index (χ0n) is 6.98. The summed E-state index contributed by atoms with van der Waals surface area (Å²) in [6.45, 7) is 0. The Hall–Kier alpha value is -1.58. The van der Waals surface area contributed by atoms with Crippen LogP contribution in [0.5, 0.6) is 5.75 Å². The molecule has 4 heteroatoms. The van der Waals surface area contributed by atoms with Gasteiger partial charge in [0.1, 0.15) is 5.75 Å². The van der Waals surface area contributed by atoms with Gasteiger partial charge in [0, 0.05) is 7.05 Å². The first-order valence-electron chi connectivity index (χ1n) is 3.65. The number of ether oxygens (including phenoxy) is 1. The minimum atomic E-state index is 0.764. The highest BCUT2D eigenvalue weighted by Gasteiger charge is 2.05. The SMILES string of the molecule is COc1cccc2c1nnn2C. The topological polar surface area (TPSA) is 39.9 Å².